The third-order valence-corrected chi connectivity index (χ3v) is 4.66. The third kappa shape index (κ3) is 7.03. The lowest BCUT2D eigenvalue weighted by Crippen LogP contribution is -2.44. The minimum Gasteiger partial charge on any atom is -0.382 e. The monoisotopic (exact) mass is 289 g/mol. The van der Waals surface area contributed by atoms with Crippen molar-refractivity contribution in [2.45, 2.75) is 24.5 Å². The summed E-state index contributed by atoms with van der Waals surface area (Å²) < 4.78 is 10.7. The van der Waals surface area contributed by atoms with Crippen LogP contribution >= 0.6 is 11.8 Å². The van der Waals surface area contributed by atoms with Crippen molar-refractivity contribution < 1.29 is 9.47 Å². The van der Waals surface area contributed by atoms with E-state index in [0.29, 0.717) is 24.6 Å². The molecule has 1 aliphatic rings. The molecule has 19 heavy (non-hydrogen) atoms. The average molecular weight is 289 g/mol. The Labute approximate surface area is 120 Å². The first-order chi connectivity index (χ1) is 9.20. The highest BCUT2D eigenvalue weighted by Crippen LogP contribution is 2.36. The fourth-order valence-electron chi connectivity index (χ4n) is 1.95. The van der Waals surface area contributed by atoms with E-state index >= 15 is 0 Å². The molecule has 0 amide bonds. The number of ether oxygens (including phenoxy) is 2. The number of nitrogens with zero attached hydrogens (tertiary/aromatic N) is 1. The maximum Gasteiger partial charge on any atom is 0.191 e. The predicted molar refractivity (Wildman–Crippen MR) is 82.2 cm³/mol. The van der Waals surface area contributed by atoms with Gasteiger partial charge in [-0.1, -0.05) is 0 Å². The Bertz CT molecular complexity index is 269. The summed E-state index contributed by atoms with van der Waals surface area (Å²) >= 11 is 2.05. The van der Waals surface area contributed by atoms with Gasteiger partial charge in [-0.05, 0) is 25.5 Å². The lowest BCUT2D eigenvalue weighted by molar-refractivity contribution is 0.0733. The van der Waals surface area contributed by atoms with Gasteiger partial charge in [0.05, 0.1) is 19.8 Å². The summed E-state index contributed by atoms with van der Waals surface area (Å²) in [6, 6.07) is 0. The summed E-state index contributed by atoms with van der Waals surface area (Å²) in [6.45, 7) is 5.98. The molecule has 2 N–H and O–H groups in total. The van der Waals surface area contributed by atoms with Crippen molar-refractivity contribution in [3.05, 3.63) is 0 Å². The Morgan fingerprint density at radius 3 is 2.79 bits per heavy atom. The summed E-state index contributed by atoms with van der Waals surface area (Å²) in [7, 11) is 3.47. The van der Waals surface area contributed by atoms with Gasteiger partial charge in [0.15, 0.2) is 5.96 Å². The van der Waals surface area contributed by atoms with Crippen LogP contribution in [0.4, 0.5) is 0 Å². The molecule has 0 spiro atoms. The summed E-state index contributed by atoms with van der Waals surface area (Å²) in [5, 5.41) is 6.64. The van der Waals surface area contributed by atoms with Crippen LogP contribution in [0, 0.1) is 0 Å². The molecule has 0 aromatic heterocycles. The van der Waals surface area contributed by atoms with Crippen LogP contribution in [-0.4, -0.2) is 63.5 Å². The second-order valence-electron chi connectivity index (χ2n) is 4.86. The zero-order chi connectivity index (χ0) is 14.0. The molecule has 1 fully saturated rings. The molecule has 1 aliphatic heterocycles. The van der Waals surface area contributed by atoms with Crippen molar-refractivity contribution >= 4 is 17.7 Å². The van der Waals surface area contributed by atoms with Gasteiger partial charge in [-0.3, -0.25) is 4.99 Å². The molecule has 1 unspecified atom stereocenters. The number of methoxy groups -OCH3 is 1. The van der Waals surface area contributed by atoms with Crippen LogP contribution in [0.1, 0.15) is 19.8 Å². The van der Waals surface area contributed by atoms with Gasteiger partial charge < -0.3 is 20.1 Å². The molecular weight excluding hydrogens is 262 g/mol. The second-order valence-corrected chi connectivity index (χ2v) is 6.54. The van der Waals surface area contributed by atoms with Crippen LogP contribution in [0.15, 0.2) is 4.99 Å². The summed E-state index contributed by atoms with van der Waals surface area (Å²) in [4.78, 5) is 4.22. The third-order valence-electron chi connectivity index (χ3n) is 3.12. The van der Waals surface area contributed by atoms with Crippen molar-refractivity contribution in [2.24, 2.45) is 4.99 Å². The van der Waals surface area contributed by atoms with E-state index in [9.17, 15) is 0 Å². The van der Waals surface area contributed by atoms with E-state index < -0.39 is 0 Å². The van der Waals surface area contributed by atoms with E-state index in [-0.39, 0.29) is 0 Å². The molecule has 0 bridgehead atoms. The molecule has 112 valence electrons. The Morgan fingerprint density at radius 2 is 2.16 bits per heavy atom. The highest BCUT2D eigenvalue weighted by Gasteiger charge is 2.29. The maximum atomic E-state index is 5.39. The highest BCUT2D eigenvalue weighted by atomic mass is 32.2. The fourth-order valence-corrected chi connectivity index (χ4v) is 3.20. The first kappa shape index (κ1) is 16.6. The van der Waals surface area contributed by atoms with Crippen molar-refractivity contribution in [3.63, 3.8) is 0 Å². The maximum absolute atomic E-state index is 5.39. The van der Waals surface area contributed by atoms with Gasteiger partial charge in [-0.25, -0.2) is 0 Å². The second kappa shape index (κ2) is 9.44. The number of nitrogens with one attached hydrogen (secondary N) is 2. The smallest absolute Gasteiger partial charge is 0.191 e. The molecular formula is C13H27N3O2S. The van der Waals surface area contributed by atoms with E-state index in [4.69, 9.17) is 9.47 Å². The molecule has 1 saturated heterocycles. The number of hydrogen-bond acceptors (Lipinski definition) is 4. The molecule has 0 saturated carbocycles. The van der Waals surface area contributed by atoms with Crippen molar-refractivity contribution in [1.29, 1.82) is 0 Å². The predicted octanol–water partition coefficient (Wildman–Crippen LogP) is 1.10. The molecule has 1 rings (SSSR count). The minimum absolute atomic E-state index is 0.354. The molecule has 1 heterocycles. The van der Waals surface area contributed by atoms with Crippen molar-refractivity contribution in [2.75, 3.05) is 52.8 Å². The van der Waals surface area contributed by atoms with Gasteiger partial charge in [0.2, 0.25) is 0 Å². The van der Waals surface area contributed by atoms with Gasteiger partial charge in [-0.2, -0.15) is 11.8 Å². The summed E-state index contributed by atoms with van der Waals surface area (Å²) in [6.07, 6.45) is 2.60. The standard InChI is InChI=1S/C13H27N3O2S/c1-13(5-4-10-19-13)11-16-12(14-2)15-6-7-18-9-8-17-3/h4-11H2,1-3H3,(H2,14,15,16). The Kier molecular flexibility index (Phi) is 8.25. The van der Waals surface area contributed by atoms with E-state index in [2.05, 4.69) is 34.3 Å². The summed E-state index contributed by atoms with van der Waals surface area (Å²) in [5.41, 5.74) is 0. The first-order valence-corrected chi connectivity index (χ1v) is 7.84. The van der Waals surface area contributed by atoms with E-state index in [0.717, 1.165) is 19.0 Å². The molecule has 0 aliphatic carbocycles. The van der Waals surface area contributed by atoms with E-state index in [1.807, 2.05) is 0 Å². The van der Waals surface area contributed by atoms with Gasteiger partial charge in [-0.15, -0.1) is 0 Å². The van der Waals surface area contributed by atoms with Gasteiger partial charge in [0.25, 0.3) is 0 Å². The average Bonchev–Trinajstić information content (AvgIpc) is 2.84. The van der Waals surface area contributed by atoms with Crippen LogP contribution in [0.25, 0.3) is 0 Å². The van der Waals surface area contributed by atoms with E-state index in [1.165, 1.54) is 18.6 Å². The number of thioether (sulfide) groups is 1. The molecule has 1 atom stereocenters. The van der Waals surface area contributed by atoms with Gasteiger partial charge >= 0.3 is 0 Å². The van der Waals surface area contributed by atoms with Crippen LogP contribution in [0.3, 0.4) is 0 Å². The summed E-state index contributed by atoms with van der Waals surface area (Å²) in [5.74, 6) is 2.13. The van der Waals surface area contributed by atoms with Gasteiger partial charge in [0.1, 0.15) is 0 Å². The number of guanidine groups is 1. The van der Waals surface area contributed by atoms with Crippen LogP contribution < -0.4 is 10.6 Å². The molecule has 6 heteroatoms. The Balaban J connectivity index is 2.09. The fraction of sp³-hybridized carbons (Fsp3) is 0.923. The molecule has 5 nitrogen and oxygen atoms in total. The molecule has 0 aromatic rings. The lowest BCUT2D eigenvalue weighted by Gasteiger charge is -2.24. The minimum atomic E-state index is 0.354. The zero-order valence-corrected chi connectivity index (χ0v) is 13.1. The van der Waals surface area contributed by atoms with Crippen molar-refractivity contribution in [3.8, 4) is 0 Å². The topological polar surface area (TPSA) is 54.9 Å². The van der Waals surface area contributed by atoms with Gasteiger partial charge in [0, 0.05) is 32.0 Å². The van der Waals surface area contributed by atoms with Crippen LogP contribution in [0.5, 0.6) is 0 Å². The lowest BCUT2D eigenvalue weighted by atomic mass is 10.1. The molecule has 0 radical (unpaired) electrons. The Hall–Kier alpha value is -0.460. The SMILES string of the molecule is CN=C(NCCOCCOC)NCC1(C)CCCS1. The highest BCUT2D eigenvalue weighted by molar-refractivity contribution is 8.00. The number of aliphatic imine (C=N–C) groups is 1. The van der Waals surface area contributed by atoms with Crippen LogP contribution in [0.2, 0.25) is 0 Å². The quantitative estimate of drug-likeness (QED) is 0.398. The van der Waals surface area contributed by atoms with E-state index in [1.54, 1.807) is 14.2 Å². The first-order valence-electron chi connectivity index (χ1n) is 6.85. The zero-order valence-electron chi connectivity index (χ0n) is 12.3. The Morgan fingerprint density at radius 1 is 1.32 bits per heavy atom. The normalized spacial score (nSPS) is 23.6. The van der Waals surface area contributed by atoms with Crippen molar-refractivity contribution in [1.82, 2.24) is 10.6 Å². The number of rotatable bonds is 8. The molecule has 0 aromatic carbocycles. The van der Waals surface area contributed by atoms with Crippen LogP contribution in [-0.2, 0) is 9.47 Å². The number of hydrogen-bond donors (Lipinski definition) is 2. The largest absolute Gasteiger partial charge is 0.382 e.